The highest BCUT2D eigenvalue weighted by Crippen LogP contribution is 2.13. The number of carbonyl (C=O) groups excluding carboxylic acids is 5. The van der Waals surface area contributed by atoms with Crippen LogP contribution in [0.5, 0.6) is 0 Å². The lowest BCUT2D eigenvalue weighted by Crippen LogP contribution is -2.54. The Bertz CT molecular complexity index is 1070. The Morgan fingerprint density at radius 1 is 0.900 bits per heavy atom. The molecule has 1 aromatic rings. The number of hydrogen-bond donors (Lipinski definition) is 4. The highest BCUT2D eigenvalue weighted by atomic mass is 16.6. The predicted molar refractivity (Wildman–Crippen MR) is 144 cm³/mol. The monoisotopic (exact) mass is 565 g/mol. The summed E-state index contributed by atoms with van der Waals surface area (Å²) in [5.74, 6) is -2.61. The summed E-state index contributed by atoms with van der Waals surface area (Å²) < 4.78 is 10.3. The number of nitro benzene ring substituents is 1. The first-order valence-electron chi connectivity index (χ1n) is 12.8. The van der Waals surface area contributed by atoms with Crippen LogP contribution in [0.15, 0.2) is 24.3 Å². The van der Waals surface area contributed by atoms with Crippen LogP contribution in [-0.2, 0) is 35.3 Å². The van der Waals surface area contributed by atoms with E-state index < -0.39 is 65.0 Å². The van der Waals surface area contributed by atoms with Gasteiger partial charge in [-0.15, -0.1) is 0 Å². The van der Waals surface area contributed by atoms with Crippen molar-refractivity contribution in [2.45, 2.75) is 85.2 Å². The van der Waals surface area contributed by atoms with Crippen molar-refractivity contribution in [3.63, 3.8) is 0 Å². The van der Waals surface area contributed by atoms with Gasteiger partial charge in [-0.3, -0.25) is 24.5 Å². The van der Waals surface area contributed by atoms with Crippen LogP contribution in [0.2, 0.25) is 0 Å². The molecule has 0 aliphatic rings. The summed E-state index contributed by atoms with van der Waals surface area (Å²) in [6.07, 6.45) is -0.513. The maximum atomic E-state index is 12.7. The van der Waals surface area contributed by atoms with Gasteiger partial charge in [0.05, 0.1) is 11.5 Å². The molecule has 1 rings (SSSR count). The number of non-ortho nitro benzene ring substituents is 1. The number of benzene rings is 1. The first kappa shape index (κ1) is 33.8. The minimum atomic E-state index is -1.03. The van der Waals surface area contributed by atoms with Crippen LogP contribution in [0.1, 0.15) is 60.5 Å². The Hall–Kier alpha value is -4.23. The normalized spacial score (nSPS) is 13.3. The first-order valence-corrected chi connectivity index (χ1v) is 12.8. The first-order chi connectivity index (χ1) is 18.5. The van der Waals surface area contributed by atoms with Gasteiger partial charge in [-0.1, -0.05) is 13.8 Å². The van der Waals surface area contributed by atoms with Gasteiger partial charge in [0.25, 0.3) is 5.69 Å². The molecule has 4 amide bonds. The molecule has 222 valence electrons. The summed E-state index contributed by atoms with van der Waals surface area (Å²) >= 11 is 0. The van der Waals surface area contributed by atoms with Gasteiger partial charge in [-0.25, -0.2) is 9.59 Å². The number of amides is 4. The molecule has 14 heteroatoms. The molecule has 0 radical (unpaired) electrons. The lowest BCUT2D eigenvalue weighted by Gasteiger charge is -2.24. The summed E-state index contributed by atoms with van der Waals surface area (Å²) in [7, 11) is 0. The molecule has 0 saturated carbocycles. The van der Waals surface area contributed by atoms with Crippen LogP contribution in [0.4, 0.5) is 10.5 Å². The molecule has 0 unspecified atom stereocenters. The van der Waals surface area contributed by atoms with Gasteiger partial charge in [-0.05, 0) is 64.7 Å². The highest BCUT2D eigenvalue weighted by molar-refractivity contribution is 5.93. The van der Waals surface area contributed by atoms with Gasteiger partial charge in [-0.2, -0.15) is 0 Å². The van der Waals surface area contributed by atoms with E-state index >= 15 is 0 Å². The van der Waals surface area contributed by atoms with E-state index in [1.165, 1.54) is 38.1 Å². The molecular formula is C26H39N5O9. The van der Waals surface area contributed by atoms with Crippen molar-refractivity contribution in [3.8, 4) is 0 Å². The zero-order valence-electron chi connectivity index (χ0n) is 23.9. The number of carbonyl (C=O) groups is 5. The molecule has 0 aliphatic heterocycles. The minimum absolute atomic E-state index is 0.0181. The van der Waals surface area contributed by atoms with Crippen molar-refractivity contribution >= 4 is 35.5 Å². The van der Waals surface area contributed by atoms with Gasteiger partial charge in [0.1, 0.15) is 30.3 Å². The van der Waals surface area contributed by atoms with Crippen LogP contribution in [0, 0.1) is 16.0 Å². The molecule has 3 atom stereocenters. The molecule has 4 N–H and O–H groups in total. The number of nitrogens with one attached hydrogen (secondary N) is 4. The van der Waals surface area contributed by atoms with E-state index in [9.17, 15) is 34.1 Å². The number of alkyl carbamates (subject to hydrolysis) is 1. The molecule has 14 nitrogen and oxygen atoms in total. The Balaban J connectivity index is 2.57. The van der Waals surface area contributed by atoms with E-state index in [0.29, 0.717) is 5.56 Å². The van der Waals surface area contributed by atoms with Gasteiger partial charge < -0.3 is 30.7 Å². The van der Waals surface area contributed by atoms with E-state index in [2.05, 4.69) is 21.3 Å². The molecule has 0 saturated heterocycles. The SMILES string of the molecule is CC(C)C[C@@H](NC(=O)[C@@H](C)NC(=O)OC(C)(C)C)C(=O)NCC(=O)N[C@H](C)C(=O)OCc1ccc([N+](=O)[O-])cc1. The summed E-state index contributed by atoms with van der Waals surface area (Å²) in [6.45, 7) is 11.0. The highest BCUT2D eigenvalue weighted by Gasteiger charge is 2.27. The van der Waals surface area contributed by atoms with E-state index in [4.69, 9.17) is 9.47 Å². The molecule has 0 aliphatic carbocycles. The summed E-state index contributed by atoms with van der Waals surface area (Å²) in [5.41, 5.74) is -0.318. The minimum Gasteiger partial charge on any atom is -0.459 e. The zero-order chi connectivity index (χ0) is 30.6. The summed E-state index contributed by atoms with van der Waals surface area (Å²) in [6, 6.07) is 2.46. The fourth-order valence-electron chi connectivity index (χ4n) is 3.18. The number of hydrogen-bond acceptors (Lipinski definition) is 9. The van der Waals surface area contributed by atoms with E-state index in [-0.39, 0.29) is 24.6 Å². The van der Waals surface area contributed by atoms with Crippen LogP contribution in [0.3, 0.4) is 0 Å². The molecular weight excluding hydrogens is 526 g/mol. The van der Waals surface area contributed by atoms with E-state index in [1.54, 1.807) is 20.8 Å². The largest absolute Gasteiger partial charge is 0.459 e. The number of nitro groups is 1. The standard InChI is InChI=1S/C26H39N5O9/c1-15(2)12-20(30-22(33)16(3)29-25(36)40-26(5,6)7)23(34)27-13-21(32)28-17(4)24(35)39-14-18-8-10-19(11-9-18)31(37)38/h8-11,15-17,20H,12-14H2,1-7H3,(H,27,34)(H,28,32)(H,29,36)(H,30,33)/t16-,17-,20-/m1/s1. The lowest BCUT2D eigenvalue weighted by molar-refractivity contribution is -0.384. The van der Waals surface area contributed by atoms with E-state index in [1.807, 2.05) is 13.8 Å². The zero-order valence-corrected chi connectivity index (χ0v) is 23.9. The number of esters is 1. The number of nitrogens with zero attached hydrogens (tertiary/aromatic N) is 1. The van der Waals surface area contributed by atoms with Crippen molar-refractivity contribution in [3.05, 3.63) is 39.9 Å². The van der Waals surface area contributed by atoms with Crippen LogP contribution < -0.4 is 21.3 Å². The molecule has 0 spiro atoms. The molecule has 0 aromatic heterocycles. The molecule has 1 aromatic carbocycles. The van der Waals surface area contributed by atoms with E-state index in [0.717, 1.165) is 0 Å². The van der Waals surface area contributed by atoms with Gasteiger partial charge in [0.2, 0.25) is 17.7 Å². The smallest absolute Gasteiger partial charge is 0.408 e. The van der Waals surface area contributed by atoms with Crippen molar-refractivity contribution in [2.24, 2.45) is 5.92 Å². The molecule has 0 bridgehead atoms. The Kier molecular flexibility index (Phi) is 13.0. The second kappa shape index (κ2) is 15.4. The number of ether oxygens (including phenoxy) is 2. The fraction of sp³-hybridized carbons (Fsp3) is 0.577. The third-order valence-electron chi connectivity index (χ3n) is 5.15. The van der Waals surface area contributed by atoms with Crippen molar-refractivity contribution in [2.75, 3.05) is 6.54 Å². The molecule has 40 heavy (non-hydrogen) atoms. The second-order valence-electron chi connectivity index (χ2n) is 10.6. The van der Waals surface area contributed by atoms with Crippen LogP contribution >= 0.6 is 0 Å². The molecule has 0 heterocycles. The van der Waals surface area contributed by atoms with Crippen molar-refractivity contribution in [1.29, 1.82) is 0 Å². The Morgan fingerprint density at radius 3 is 2.02 bits per heavy atom. The topological polar surface area (TPSA) is 195 Å². The van der Waals surface area contributed by atoms with Crippen molar-refractivity contribution < 1.29 is 38.4 Å². The Morgan fingerprint density at radius 2 is 1.50 bits per heavy atom. The third kappa shape index (κ3) is 13.0. The Labute approximate surface area is 233 Å². The van der Waals surface area contributed by atoms with Gasteiger partial charge >= 0.3 is 12.1 Å². The molecule has 0 fully saturated rings. The lowest BCUT2D eigenvalue weighted by atomic mass is 10.0. The van der Waals surface area contributed by atoms with Gasteiger partial charge in [0.15, 0.2) is 0 Å². The average molecular weight is 566 g/mol. The van der Waals surface area contributed by atoms with Crippen LogP contribution in [-0.4, -0.2) is 65.0 Å². The maximum absolute atomic E-state index is 12.7. The van der Waals surface area contributed by atoms with Crippen LogP contribution in [0.25, 0.3) is 0 Å². The predicted octanol–water partition coefficient (Wildman–Crippen LogP) is 1.70. The average Bonchev–Trinajstić information content (AvgIpc) is 2.83. The van der Waals surface area contributed by atoms with Gasteiger partial charge in [0, 0.05) is 12.1 Å². The quantitative estimate of drug-likeness (QED) is 0.156. The van der Waals surface area contributed by atoms with Crippen molar-refractivity contribution in [1.82, 2.24) is 21.3 Å². The number of rotatable bonds is 13. The third-order valence-corrected chi connectivity index (χ3v) is 5.15. The fourth-order valence-corrected chi connectivity index (χ4v) is 3.18. The summed E-state index contributed by atoms with van der Waals surface area (Å²) in [5, 5.41) is 20.5. The summed E-state index contributed by atoms with van der Waals surface area (Å²) in [4.78, 5) is 72.0. The maximum Gasteiger partial charge on any atom is 0.408 e. The second-order valence-corrected chi connectivity index (χ2v) is 10.6.